The summed E-state index contributed by atoms with van der Waals surface area (Å²) < 4.78 is 18.2. The van der Waals surface area contributed by atoms with Crippen molar-refractivity contribution in [1.29, 1.82) is 0 Å². The molecule has 101 heavy (non-hydrogen) atoms. The quantitative estimate of drug-likeness (QED) is 0.0184. The van der Waals surface area contributed by atoms with E-state index in [0.717, 1.165) is 21.7 Å². The van der Waals surface area contributed by atoms with Gasteiger partial charge in [-0.15, -0.1) is 0 Å². The van der Waals surface area contributed by atoms with Gasteiger partial charge in [-0.05, 0) is 105 Å². The molecular weight excluding hydrogens is 1290 g/mol. The number of nitrogens with two attached hydrogens (primary N) is 1. The van der Waals surface area contributed by atoms with Crippen molar-refractivity contribution in [3.8, 4) is 11.3 Å². The van der Waals surface area contributed by atoms with E-state index in [1.807, 2.05) is 101 Å². The summed E-state index contributed by atoms with van der Waals surface area (Å²) in [5.41, 5.74) is 8.84. The maximum atomic E-state index is 15.0. The number of fused-ring (bicyclic) bond motifs is 2. The number of aromatic nitrogens is 2. The number of rotatable bonds is 37. The van der Waals surface area contributed by atoms with Gasteiger partial charge in [-0.3, -0.25) is 53.0 Å². The summed E-state index contributed by atoms with van der Waals surface area (Å²) in [7, 11) is 4.76. The lowest BCUT2D eigenvalue weighted by Gasteiger charge is -2.41. The predicted octanol–water partition coefficient (Wildman–Crippen LogP) is 6.20. The smallest absolute Gasteiger partial charge is 0.411 e. The largest absolute Gasteiger partial charge is 0.445 e. The fourth-order valence-corrected chi connectivity index (χ4v) is 14.3. The summed E-state index contributed by atoms with van der Waals surface area (Å²) in [6.07, 6.45) is 8.42. The first-order valence-corrected chi connectivity index (χ1v) is 35.3. The number of nitrogens with one attached hydrogen (secondary N) is 7. The second kappa shape index (κ2) is 37.3. The SMILES string of the molecule is CC[C@H](C)[C@@H]([C@@H](CC(=O)N1CCC[C@H]1[C@H](OC)[C@@H](C)C(=O)N[C@@H](Cc1ccccc1)c1nc(-c2ccccc2)c[nH]1)OC)N(C)C(=O)[C@@H](NC(=O)[C@@H]1[C@H]2CC[C@H](C2)N1C(=O)OCc1ccc(NC(=O)[C@H](CCCNC(N)=O)NC(=O)CNC(=O)CCCCCN2C(=O)C=CC2=O)cc1)C(C)C. The number of methoxy groups -OCH3 is 2. The van der Waals surface area contributed by atoms with Crippen LogP contribution in [0.5, 0.6) is 0 Å². The van der Waals surface area contributed by atoms with Gasteiger partial charge < -0.3 is 66.6 Å². The Morgan fingerprint density at radius 1 is 0.772 bits per heavy atom. The number of H-pyrrole nitrogens is 1. The van der Waals surface area contributed by atoms with Crippen LogP contribution in [0.3, 0.4) is 0 Å². The second-order valence-corrected chi connectivity index (χ2v) is 27.2. The molecule has 12 amide bonds. The molecule has 2 saturated heterocycles. The first kappa shape index (κ1) is 77.2. The number of benzene rings is 3. The van der Waals surface area contributed by atoms with Gasteiger partial charge in [-0.25, -0.2) is 14.6 Å². The van der Waals surface area contributed by atoms with Crippen LogP contribution in [0.2, 0.25) is 0 Å². The summed E-state index contributed by atoms with van der Waals surface area (Å²) in [5.74, 6) is -4.49. The van der Waals surface area contributed by atoms with Crippen LogP contribution in [0.4, 0.5) is 15.3 Å². The Balaban J connectivity index is 0.843. The van der Waals surface area contributed by atoms with Crippen molar-refractivity contribution >= 4 is 71.0 Å². The molecule has 12 atom stereocenters. The van der Waals surface area contributed by atoms with Gasteiger partial charge in [0.1, 0.15) is 30.6 Å². The molecule has 3 aliphatic heterocycles. The van der Waals surface area contributed by atoms with Crippen molar-refractivity contribution in [2.75, 3.05) is 52.8 Å². The van der Waals surface area contributed by atoms with Gasteiger partial charge in [0.2, 0.25) is 41.4 Å². The number of hydrogen-bond acceptors (Lipinski definition) is 15. The van der Waals surface area contributed by atoms with Gasteiger partial charge in [0, 0.05) is 83.0 Å². The highest BCUT2D eigenvalue weighted by atomic mass is 16.6. The maximum Gasteiger partial charge on any atom is 0.411 e. The van der Waals surface area contributed by atoms with E-state index in [9.17, 15) is 47.9 Å². The Morgan fingerprint density at radius 3 is 2.14 bits per heavy atom. The number of anilines is 1. The van der Waals surface area contributed by atoms with Gasteiger partial charge in [0.25, 0.3) is 11.8 Å². The molecule has 2 bridgehead atoms. The molecular formula is C74H101N13O14. The van der Waals surface area contributed by atoms with Crippen LogP contribution in [-0.2, 0) is 70.4 Å². The van der Waals surface area contributed by atoms with Crippen LogP contribution >= 0.6 is 0 Å². The Labute approximate surface area is 590 Å². The van der Waals surface area contributed by atoms with E-state index >= 15 is 4.79 Å². The monoisotopic (exact) mass is 1400 g/mol. The third-order valence-electron chi connectivity index (χ3n) is 20.0. The Morgan fingerprint density at radius 2 is 1.48 bits per heavy atom. The zero-order valence-corrected chi connectivity index (χ0v) is 59.3. The Bertz CT molecular complexity index is 3520. The molecule has 3 fully saturated rings. The third kappa shape index (κ3) is 20.8. The van der Waals surface area contributed by atoms with Crippen molar-refractivity contribution < 1.29 is 67.0 Å². The van der Waals surface area contributed by atoms with Crippen molar-refractivity contribution in [1.82, 2.24) is 56.2 Å². The molecule has 1 aromatic heterocycles. The lowest BCUT2D eigenvalue weighted by Crippen LogP contribution is -2.60. The van der Waals surface area contributed by atoms with E-state index in [4.69, 9.17) is 24.9 Å². The first-order valence-electron chi connectivity index (χ1n) is 35.3. The molecule has 1 aliphatic carbocycles. The highest BCUT2D eigenvalue weighted by Crippen LogP contribution is 2.43. The fraction of sp³-hybridized carbons (Fsp3) is 0.541. The van der Waals surface area contributed by atoms with Gasteiger partial charge in [-0.2, -0.15) is 0 Å². The molecule has 27 nitrogen and oxygen atoms in total. The third-order valence-corrected chi connectivity index (χ3v) is 20.0. The summed E-state index contributed by atoms with van der Waals surface area (Å²) in [4.78, 5) is 161. The van der Waals surface area contributed by atoms with Gasteiger partial charge in [0.15, 0.2) is 0 Å². The zero-order chi connectivity index (χ0) is 72.9. The van der Waals surface area contributed by atoms with Crippen LogP contribution in [-0.4, -0.2) is 191 Å². The number of primary amides is 1. The number of hydrogen-bond donors (Lipinski definition) is 8. The lowest BCUT2D eigenvalue weighted by atomic mass is 9.89. The minimum atomic E-state index is -1.08. The second-order valence-electron chi connectivity index (χ2n) is 27.2. The Kier molecular flexibility index (Phi) is 28.5. The number of nitrogens with zero attached hydrogens (tertiary/aromatic N) is 5. The average molecular weight is 1400 g/mol. The van der Waals surface area contributed by atoms with E-state index in [0.29, 0.717) is 87.8 Å². The molecule has 9 N–H and O–H groups in total. The van der Waals surface area contributed by atoms with Gasteiger partial charge in [-0.1, -0.05) is 120 Å². The van der Waals surface area contributed by atoms with E-state index < -0.39 is 103 Å². The average Bonchev–Trinajstić information content (AvgIpc) is 1.63. The molecule has 27 heteroatoms. The van der Waals surface area contributed by atoms with Crippen LogP contribution in [0, 0.1) is 23.7 Å². The molecule has 8 rings (SSSR count). The number of imide groups is 1. The summed E-state index contributed by atoms with van der Waals surface area (Å²) in [6.45, 7) is 9.72. The number of carbonyl (C=O) groups is 11. The molecule has 0 radical (unpaired) electrons. The number of piperidine rings is 1. The summed E-state index contributed by atoms with van der Waals surface area (Å²) in [5, 5.41) is 16.7. The minimum Gasteiger partial charge on any atom is -0.445 e. The maximum absolute atomic E-state index is 15.0. The van der Waals surface area contributed by atoms with Crippen molar-refractivity contribution in [2.45, 2.75) is 186 Å². The van der Waals surface area contributed by atoms with Crippen LogP contribution in [0.1, 0.15) is 141 Å². The molecule has 0 spiro atoms. The molecule has 4 aromatic rings. The first-order chi connectivity index (χ1) is 48.5. The predicted molar refractivity (Wildman–Crippen MR) is 376 cm³/mol. The van der Waals surface area contributed by atoms with Crippen LogP contribution in [0.15, 0.2) is 103 Å². The zero-order valence-electron chi connectivity index (χ0n) is 59.3. The van der Waals surface area contributed by atoms with Gasteiger partial charge >= 0.3 is 12.1 Å². The van der Waals surface area contributed by atoms with E-state index in [2.05, 4.69) is 36.9 Å². The number of aromatic amines is 1. The van der Waals surface area contributed by atoms with Crippen molar-refractivity contribution in [3.05, 3.63) is 120 Å². The Hall–Kier alpha value is -9.50. The normalized spacial score (nSPS) is 19.4. The lowest BCUT2D eigenvalue weighted by molar-refractivity contribution is -0.148. The van der Waals surface area contributed by atoms with Crippen molar-refractivity contribution in [2.24, 2.45) is 29.4 Å². The summed E-state index contributed by atoms with van der Waals surface area (Å²) in [6, 6.07) is 20.6. The van der Waals surface area contributed by atoms with Gasteiger partial charge in [0.05, 0.1) is 54.9 Å². The molecule has 1 saturated carbocycles. The molecule has 0 unspecified atom stereocenters. The number of urea groups is 1. The molecule has 4 heterocycles. The van der Waals surface area contributed by atoms with E-state index in [1.165, 1.54) is 24.2 Å². The van der Waals surface area contributed by atoms with Crippen molar-refractivity contribution in [3.63, 3.8) is 0 Å². The molecule has 546 valence electrons. The molecule has 4 aliphatic rings. The number of unbranched alkanes of at least 4 members (excludes halogenated alkanes) is 2. The van der Waals surface area contributed by atoms with E-state index in [-0.39, 0.29) is 92.8 Å². The number of likely N-dealkylation sites (tertiary alicyclic amines) is 2. The highest BCUT2D eigenvalue weighted by molar-refractivity contribution is 6.12. The fourth-order valence-electron chi connectivity index (χ4n) is 14.3. The molecule has 3 aromatic carbocycles. The minimum absolute atomic E-state index is 0.0766. The van der Waals surface area contributed by atoms with E-state index in [1.54, 1.807) is 48.2 Å². The number of imidazole rings is 1. The summed E-state index contributed by atoms with van der Waals surface area (Å²) >= 11 is 0. The standard InChI is InChI=1S/C74H101N13O14/c1-9-46(4)65(58(99-7)41-63(92)85-38-20-26-57(85)67(100-8)47(5)69(93)82-55(39-48-21-13-10-14-22-48)68-78-42-56(81-68)50-23-15-11-16-24-50)84(6)72(96)64(45(2)3)83-71(95)66-51-30-33-53(40-51)87(66)74(98)101-44-49-28-31-52(32-29-49)79-70(94)54(25-19-36-76-73(75)97)80-60(89)43-77-59(88)27-17-12-18-37-86-61(90)34-35-62(86)91/h10-11,13-16,21-24,28-29,31-32,34-35,42,45-47,51,53-55,57-58,64-67H,9,12,17-20,25-27,30,33,36-41,43-44H2,1-8H3,(H,77,88)(H,78,81)(H,79,94)(H,80,89)(H,82,93)(H,83,95)(H3,75,76,97)/t46-,47+,51-,53+,54-,55-,57-,58+,64-,65-,66-,67+/m0/s1. The number of likely N-dealkylation sites (N-methyl/N-ethyl adjacent to an activating group) is 1. The number of carbonyl (C=O) groups excluding carboxylic acids is 11. The number of ether oxygens (including phenoxy) is 3. The number of amides is 12. The highest BCUT2D eigenvalue weighted by Gasteiger charge is 2.53. The van der Waals surface area contributed by atoms with Crippen LogP contribution in [0.25, 0.3) is 11.3 Å². The van der Waals surface area contributed by atoms with Crippen LogP contribution < -0.4 is 37.6 Å². The topological polar surface area (TPSA) is 355 Å².